The van der Waals surface area contributed by atoms with Crippen molar-refractivity contribution in [1.29, 1.82) is 0 Å². The lowest BCUT2D eigenvalue weighted by Crippen LogP contribution is -2.48. The molecule has 134 valence electrons. The van der Waals surface area contributed by atoms with Crippen LogP contribution < -0.4 is 5.32 Å². The van der Waals surface area contributed by atoms with Gasteiger partial charge in [0.1, 0.15) is 23.3 Å². The Hall–Kier alpha value is -1.97. The molecule has 1 aliphatic rings. The van der Waals surface area contributed by atoms with Crippen LogP contribution in [0.1, 0.15) is 11.6 Å². The van der Waals surface area contributed by atoms with Crippen LogP contribution in [0.25, 0.3) is 0 Å². The summed E-state index contributed by atoms with van der Waals surface area (Å²) in [7, 11) is -4.60. The second-order valence-corrected chi connectivity index (χ2v) is 7.42. The van der Waals surface area contributed by atoms with Crippen molar-refractivity contribution in [2.45, 2.75) is 10.9 Å². The molecule has 4 nitrogen and oxygen atoms in total. The Labute approximate surface area is 142 Å². The summed E-state index contributed by atoms with van der Waals surface area (Å²) in [6.45, 7) is 0.336. The summed E-state index contributed by atoms with van der Waals surface area (Å²) in [5.74, 6) is -4.78. The third-order valence-electron chi connectivity index (χ3n) is 3.96. The van der Waals surface area contributed by atoms with Gasteiger partial charge in [-0.1, -0.05) is 12.1 Å². The molecular weight excluding hydrogens is 360 g/mol. The standard InChI is InChI=1S/C16H14F4N2O2S/c17-11-3-1-2-10(6-11)15-9-21-4-5-22(15)25(23,24)16-13(19)7-12(18)8-14(16)20/h1-3,6-8,15,21H,4-5,9H2. The third-order valence-corrected chi connectivity index (χ3v) is 5.92. The van der Waals surface area contributed by atoms with Crippen LogP contribution in [0, 0.1) is 23.3 Å². The van der Waals surface area contributed by atoms with E-state index in [1.165, 1.54) is 18.2 Å². The Morgan fingerprint density at radius 3 is 2.32 bits per heavy atom. The number of benzene rings is 2. The van der Waals surface area contributed by atoms with Crippen molar-refractivity contribution in [3.05, 3.63) is 65.2 Å². The molecule has 0 aromatic heterocycles. The summed E-state index contributed by atoms with van der Waals surface area (Å²) < 4.78 is 81.1. The zero-order chi connectivity index (χ0) is 18.2. The van der Waals surface area contributed by atoms with Gasteiger partial charge in [0, 0.05) is 31.8 Å². The van der Waals surface area contributed by atoms with Gasteiger partial charge in [-0.25, -0.2) is 26.0 Å². The van der Waals surface area contributed by atoms with Crippen molar-refractivity contribution in [3.8, 4) is 0 Å². The average Bonchev–Trinajstić information content (AvgIpc) is 2.53. The van der Waals surface area contributed by atoms with E-state index in [0.717, 1.165) is 10.4 Å². The van der Waals surface area contributed by atoms with E-state index in [1.54, 1.807) is 0 Å². The van der Waals surface area contributed by atoms with Crippen LogP contribution >= 0.6 is 0 Å². The van der Waals surface area contributed by atoms with Crippen molar-refractivity contribution in [2.24, 2.45) is 0 Å². The van der Waals surface area contributed by atoms with E-state index in [0.29, 0.717) is 17.7 Å². The van der Waals surface area contributed by atoms with Crippen LogP contribution in [0.15, 0.2) is 41.3 Å². The van der Waals surface area contributed by atoms with Crippen molar-refractivity contribution in [3.63, 3.8) is 0 Å². The molecule has 3 rings (SSSR count). The molecule has 1 atom stereocenters. The normalized spacial score (nSPS) is 19.1. The van der Waals surface area contributed by atoms with E-state index in [9.17, 15) is 26.0 Å². The van der Waals surface area contributed by atoms with Gasteiger partial charge >= 0.3 is 0 Å². The van der Waals surface area contributed by atoms with Gasteiger partial charge in [-0.15, -0.1) is 0 Å². The minimum atomic E-state index is -4.60. The van der Waals surface area contributed by atoms with Gasteiger partial charge in [0.25, 0.3) is 0 Å². The van der Waals surface area contributed by atoms with Crippen LogP contribution in [0.5, 0.6) is 0 Å². The molecule has 25 heavy (non-hydrogen) atoms. The molecule has 0 radical (unpaired) electrons. The van der Waals surface area contributed by atoms with E-state index in [4.69, 9.17) is 0 Å². The van der Waals surface area contributed by atoms with Gasteiger partial charge in [0.15, 0.2) is 4.90 Å². The lowest BCUT2D eigenvalue weighted by atomic mass is 10.1. The number of sulfonamides is 1. The van der Waals surface area contributed by atoms with Crippen LogP contribution in [0.3, 0.4) is 0 Å². The van der Waals surface area contributed by atoms with E-state index < -0.39 is 44.2 Å². The number of piperazine rings is 1. The quantitative estimate of drug-likeness (QED) is 0.841. The topological polar surface area (TPSA) is 49.4 Å². The maximum Gasteiger partial charge on any atom is 0.249 e. The molecule has 9 heteroatoms. The maximum atomic E-state index is 14.0. The second-order valence-electron chi connectivity index (χ2n) is 5.59. The first-order valence-electron chi connectivity index (χ1n) is 7.43. The van der Waals surface area contributed by atoms with Gasteiger partial charge in [0.05, 0.1) is 6.04 Å². The van der Waals surface area contributed by atoms with Crippen LogP contribution in [0.4, 0.5) is 17.6 Å². The molecular formula is C16H14F4N2O2S. The molecule has 0 saturated carbocycles. The van der Waals surface area contributed by atoms with Gasteiger partial charge in [-0.05, 0) is 17.7 Å². The molecule has 0 spiro atoms. The molecule has 1 fully saturated rings. The molecule has 1 unspecified atom stereocenters. The first kappa shape index (κ1) is 17.8. The number of rotatable bonds is 3. The Balaban J connectivity index is 2.08. The number of halogens is 4. The smallest absolute Gasteiger partial charge is 0.249 e. The Bertz CT molecular complexity index is 882. The first-order chi connectivity index (χ1) is 11.8. The lowest BCUT2D eigenvalue weighted by molar-refractivity contribution is 0.269. The maximum absolute atomic E-state index is 14.0. The van der Waals surface area contributed by atoms with E-state index in [-0.39, 0.29) is 19.6 Å². The molecule has 1 saturated heterocycles. The molecule has 0 bridgehead atoms. The van der Waals surface area contributed by atoms with Gasteiger partial charge in [0.2, 0.25) is 10.0 Å². The molecule has 0 aliphatic carbocycles. The molecule has 1 N–H and O–H groups in total. The summed E-state index contributed by atoms with van der Waals surface area (Å²) in [4.78, 5) is -1.21. The highest BCUT2D eigenvalue weighted by Gasteiger charge is 2.38. The Morgan fingerprint density at radius 1 is 1.00 bits per heavy atom. The summed E-state index contributed by atoms with van der Waals surface area (Å²) >= 11 is 0. The largest absolute Gasteiger partial charge is 0.313 e. The highest BCUT2D eigenvalue weighted by atomic mass is 32.2. The second kappa shape index (κ2) is 6.74. The van der Waals surface area contributed by atoms with Crippen molar-refractivity contribution >= 4 is 10.0 Å². The fraction of sp³-hybridized carbons (Fsp3) is 0.250. The van der Waals surface area contributed by atoms with E-state index in [1.807, 2.05) is 0 Å². The zero-order valence-electron chi connectivity index (χ0n) is 12.8. The highest BCUT2D eigenvalue weighted by molar-refractivity contribution is 7.89. The molecule has 1 heterocycles. The minimum Gasteiger partial charge on any atom is -0.313 e. The predicted molar refractivity (Wildman–Crippen MR) is 82.2 cm³/mol. The molecule has 0 amide bonds. The van der Waals surface area contributed by atoms with E-state index >= 15 is 0 Å². The minimum absolute atomic E-state index is 0.0697. The van der Waals surface area contributed by atoms with Crippen molar-refractivity contribution in [2.75, 3.05) is 19.6 Å². The number of hydrogen-bond acceptors (Lipinski definition) is 3. The number of hydrogen-bond donors (Lipinski definition) is 1. The molecule has 2 aromatic carbocycles. The van der Waals surface area contributed by atoms with Gasteiger partial charge < -0.3 is 5.32 Å². The first-order valence-corrected chi connectivity index (χ1v) is 8.87. The van der Waals surface area contributed by atoms with Crippen LogP contribution in [-0.4, -0.2) is 32.4 Å². The highest BCUT2D eigenvalue weighted by Crippen LogP contribution is 2.31. The van der Waals surface area contributed by atoms with Gasteiger partial charge in [-0.2, -0.15) is 4.31 Å². The number of nitrogens with zero attached hydrogens (tertiary/aromatic N) is 1. The zero-order valence-corrected chi connectivity index (χ0v) is 13.7. The molecule has 1 aliphatic heterocycles. The summed E-state index contributed by atoms with van der Waals surface area (Å²) in [5, 5.41) is 2.97. The Morgan fingerprint density at radius 2 is 1.68 bits per heavy atom. The number of nitrogens with one attached hydrogen (secondary N) is 1. The van der Waals surface area contributed by atoms with Crippen LogP contribution in [-0.2, 0) is 10.0 Å². The van der Waals surface area contributed by atoms with Gasteiger partial charge in [-0.3, -0.25) is 0 Å². The predicted octanol–water partition coefficient (Wildman–Crippen LogP) is 2.58. The summed E-state index contributed by atoms with van der Waals surface area (Å²) in [6.07, 6.45) is 0. The fourth-order valence-corrected chi connectivity index (χ4v) is 4.57. The molecule has 2 aromatic rings. The van der Waals surface area contributed by atoms with Crippen molar-refractivity contribution in [1.82, 2.24) is 9.62 Å². The summed E-state index contributed by atoms with van der Waals surface area (Å²) in [6, 6.07) is 5.10. The van der Waals surface area contributed by atoms with E-state index in [2.05, 4.69) is 5.32 Å². The van der Waals surface area contributed by atoms with Crippen molar-refractivity contribution < 1.29 is 26.0 Å². The SMILES string of the molecule is O=S(=O)(c1c(F)cc(F)cc1F)N1CCNCC1c1cccc(F)c1. The lowest BCUT2D eigenvalue weighted by Gasteiger charge is -2.35. The van der Waals surface area contributed by atoms with Crippen LogP contribution in [0.2, 0.25) is 0 Å². The third kappa shape index (κ3) is 3.39. The average molecular weight is 374 g/mol. The summed E-state index contributed by atoms with van der Waals surface area (Å²) in [5.41, 5.74) is 0.346. The fourth-order valence-electron chi connectivity index (χ4n) is 2.86. The Kier molecular flexibility index (Phi) is 4.81. The monoisotopic (exact) mass is 374 g/mol.